The van der Waals surface area contributed by atoms with Crippen LogP contribution >= 0.6 is 11.8 Å². The molecule has 2 rings (SSSR count). The smallest absolute Gasteiger partial charge is 0.161 e. The summed E-state index contributed by atoms with van der Waals surface area (Å²) < 4.78 is 0. The van der Waals surface area contributed by atoms with Gasteiger partial charge in [0, 0.05) is 11.4 Å². The quantitative estimate of drug-likeness (QED) is 0.847. The molecule has 1 atom stereocenters. The minimum atomic E-state index is 0.487. The summed E-state index contributed by atoms with van der Waals surface area (Å²) in [5.41, 5.74) is 4.06. The molecular weight excluding hydrogens is 264 g/mol. The molecule has 0 amide bonds. The Morgan fingerprint density at radius 3 is 2.45 bits per heavy atom. The molecular formula is C17H26N2S. The molecule has 0 spiro atoms. The van der Waals surface area contributed by atoms with Crippen molar-refractivity contribution in [1.29, 1.82) is 0 Å². The zero-order valence-corrected chi connectivity index (χ0v) is 13.9. The molecule has 3 heteroatoms. The maximum Gasteiger partial charge on any atom is 0.161 e. The van der Waals surface area contributed by atoms with Gasteiger partial charge in [0.05, 0.1) is 6.04 Å². The van der Waals surface area contributed by atoms with E-state index in [1.165, 1.54) is 23.2 Å². The Kier molecular flexibility index (Phi) is 5.53. The summed E-state index contributed by atoms with van der Waals surface area (Å²) in [6.07, 6.45) is 3.31. The third kappa shape index (κ3) is 3.78. The van der Waals surface area contributed by atoms with Crippen LogP contribution in [-0.4, -0.2) is 17.0 Å². The number of benzene rings is 1. The lowest BCUT2D eigenvalue weighted by Gasteiger charge is -2.14. The molecule has 1 N–H and O–H groups in total. The molecule has 0 bridgehead atoms. The summed E-state index contributed by atoms with van der Waals surface area (Å²) in [7, 11) is 0. The van der Waals surface area contributed by atoms with Gasteiger partial charge in [0.15, 0.2) is 5.17 Å². The van der Waals surface area contributed by atoms with Crippen LogP contribution in [0.1, 0.15) is 45.2 Å². The molecule has 1 aliphatic heterocycles. The van der Waals surface area contributed by atoms with Crippen LogP contribution < -0.4 is 5.32 Å². The number of hydrogen-bond donors (Lipinski definition) is 1. The highest BCUT2D eigenvalue weighted by atomic mass is 32.2. The number of anilines is 1. The van der Waals surface area contributed by atoms with Crippen molar-refractivity contribution in [2.24, 2.45) is 10.9 Å². The van der Waals surface area contributed by atoms with Gasteiger partial charge in [0.25, 0.3) is 0 Å². The monoisotopic (exact) mass is 290 g/mol. The minimum absolute atomic E-state index is 0.487. The number of nitrogens with one attached hydrogen (secondary N) is 1. The standard InChI is InChI=1S/C17H26N2S/c1-5-13-8-7-9-14(6-2)16(13)19-17-18-15(11-20-17)10-12(3)4/h7-9,12,15H,5-6,10-11H2,1-4H3,(H,18,19). The first-order chi connectivity index (χ1) is 9.63. The molecule has 0 fully saturated rings. The van der Waals surface area contributed by atoms with Crippen molar-refractivity contribution in [3.05, 3.63) is 29.3 Å². The lowest BCUT2D eigenvalue weighted by Crippen LogP contribution is -2.10. The minimum Gasteiger partial charge on any atom is -0.335 e. The summed E-state index contributed by atoms with van der Waals surface area (Å²) in [6, 6.07) is 7.08. The molecule has 0 saturated heterocycles. The summed E-state index contributed by atoms with van der Waals surface area (Å²) in [4.78, 5) is 4.84. The lowest BCUT2D eigenvalue weighted by molar-refractivity contribution is 0.529. The van der Waals surface area contributed by atoms with E-state index < -0.39 is 0 Å². The molecule has 1 aromatic carbocycles. The van der Waals surface area contributed by atoms with Gasteiger partial charge >= 0.3 is 0 Å². The van der Waals surface area contributed by atoms with Crippen LogP contribution in [0.25, 0.3) is 0 Å². The van der Waals surface area contributed by atoms with E-state index in [-0.39, 0.29) is 0 Å². The van der Waals surface area contributed by atoms with Gasteiger partial charge in [-0.2, -0.15) is 0 Å². The van der Waals surface area contributed by atoms with Crippen molar-refractivity contribution in [2.45, 2.75) is 53.0 Å². The molecule has 0 radical (unpaired) electrons. The molecule has 1 unspecified atom stereocenters. The fourth-order valence-corrected chi connectivity index (χ4v) is 3.62. The van der Waals surface area contributed by atoms with E-state index >= 15 is 0 Å². The summed E-state index contributed by atoms with van der Waals surface area (Å²) in [5.74, 6) is 1.84. The Morgan fingerprint density at radius 1 is 1.25 bits per heavy atom. The van der Waals surface area contributed by atoms with Crippen molar-refractivity contribution in [2.75, 3.05) is 11.1 Å². The number of hydrogen-bond acceptors (Lipinski definition) is 3. The molecule has 2 nitrogen and oxygen atoms in total. The zero-order valence-electron chi connectivity index (χ0n) is 13.1. The number of nitrogens with zero attached hydrogens (tertiary/aromatic N) is 1. The fourth-order valence-electron chi connectivity index (χ4n) is 2.66. The van der Waals surface area contributed by atoms with Crippen LogP contribution in [-0.2, 0) is 12.8 Å². The van der Waals surface area contributed by atoms with Crippen LogP contribution in [0.2, 0.25) is 0 Å². The van der Waals surface area contributed by atoms with Crippen LogP contribution in [0.15, 0.2) is 23.2 Å². The van der Waals surface area contributed by atoms with E-state index in [9.17, 15) is 0 Å². The molecule has 0 aromatic heterocycles. The molecule has 110 valence electrons. The second-order valence-electron chi connectivity index (χ2n) is 5.81. The Bertz CT molecular complexity index is 458. The van der Waals surface area contributed by atoms with Crippen molar-refractivity contribution >= 4 is 22.6 Å². The highest BCUT2D eigenvalue weighted by Crippen LogP contribution is 2.28. The van der Waals surface area contributed by atoms with Gasteiger partial charge in [-0.25, -0.2) is 0 Å². The van der Waals surface area contributed by atoms with Gasteiger partial charge in [-0.15, -0.1) is 0 Å². The van der Waals surface area contributed by atoms with E-state index in [1.807, 2.05) is 11.8 Å². The van der Waals surface area contributed by atoms with Gasteiger partial charge in [-0.1, -0.05) is 57.7 Å². The zero-order chi connectivity index (χ0) is 14.5. The maximum atomic E-state index is 4.84. The first-order valence-corrected chi connectivity index (χ1v) is 8.70. The van der Waals surface area contributed by atoms with Crippen molar-refractivity contribution in [1.82, 2.24) is 0 Å². The average Bonchev–Trinajstić information content (AvgIpc) is 2.85. The Labute approximate surface area is 127 Å². The average molecular weight is 290 g/mol. The van der Waals surface area contributed by atoms with Crippen molar-refractivity contribution < 1.29 is 0 Å². The second kappa shape index (κ2) is 7.16. The van der Waals surface area contributed by atoms with Crippen LogP contribution in [0.4, 0.5) is 5.69 Å². The van der Waals surface area contributed by atoms with E-state index in [0.29, 0.717) is 6.04 Å². The molecule has 1 aromatic rings. The number of rotatable bonds is 5. The number of thioether (sulfide) groups is 1. The third-order valence-electron chi connectivity index (χ3n) is 3.69. The Morgan fingerprint density at radius 2 is 1.90 bits per heavy atom. The number of amidine groups is 1. The number of para-hydroxylation sites is 1. The van der Waals surface area contributed by atoms with E-state index in [0.717, 1.165) is 29.7 Å². The Hall–Kier alpha value is -0.960. The molecule has 1 heterocycles. The van der Waals surface area contributed by atoms with Gasteiger partial charge in [-0.3, -0.25) is 4.99 Å². The largest absolute Gasteiger partial charge is 0.335 e. The number of aryl methyl sites for hydroxylation is 2. The predicted molar refractivity (Wildman–Crippen MR) is 92.0 cm³/mol. The highest BCUT2D eigenvalue weighted by molar-refractivity contribution is 8.14. The van der Waals surface area contributed by atoms with Gasteiger partial charge in [0.2, 0.25) is 0 Å². The molecule has 1 aliphatic rings. The third-order valence-corrected chi connectivity index (χ3v) is 4.72. The van der Waals surface area contributed by atoms with E-state index in [4.69, 9.17) is 4.99 Å². The molecule has 20 heavy (non-hydrogen) atoms. The summed E-state index contributed by atoms with van der Waals surface area (Å²) in [6.45, 7) is 8.97. The lowest BCUT2D eigenvalue weighted by atomic mass is 10.0. The summed E-state index contributed by atoms with van der Waals surface area (Å²) in [5, 5.41) is 4.70. The van der Waals surface area contributed by atoms with Gasteiger partial charge in [-0.05, 0) is 36.3 Å². The normalized spacial score (nSPS) is 18.4. The van der Waals surface area contributed by atoms with Crippen LogP contribution in [0, 0.1) is 5.92 Å². The van der Waals surface area contributed by atoms with E-state index in [1.54, 1.807) is 0 Å². The van der Waals surface area contributed by atoms with Gasteiger partial charge < -0.3 is 5.32 Å². The molecule has 0 aliphatic carbocycles. The maximum absolute atomic E-state index is 4.84. The van der Waals surface area contributed by atoms with Crippen molar-refractivity contribution in [3.63, 3.8) is 0 Å². The first kappa shape index (κ1) is 15.4. The second-order valence-corrected chi connectivity index (χ2v) is 6.82. The van der Waals surface area contributed by atoms with Gasteiger partial charge in [0.1, 0.15) is 0 Å². The summed E-state index contributed by atoms with van der Waals surface area (Å²) >= 11 is 1.86. The predicted octanol–water partition coefficient (Wildman–Crippen LogP) is 4.74. The Balaban J connectivity index is 2.14. The van der Waals surface area contributed by atoms with E-state index in [2.05, 4.69) is 51.2 Å². The van der Waals surface area contributed by atoms with Crippen LogP contribution in [0.5, 0.6) is 0 Å². The van der Waals surface area contributed by atoms with Crippen molar-refractivity contribution in [3.8, 4) is 0 Å². The fraction of sp³-hybridized carbons (Fsp3) is 0.588. The molecule has 0 saturated carbocycles. The SMILES string of the molecule is CCc1cccc(CC)c1NC1=NC(CC(C)C)CS1. The number of aliphatic imine (C=N–C) groups is 1. The highest BCUT2D eigenvalue weighted by Gasteiger charge is 2.20. The first-order valence-electron chi connectivity index (χ1n) is 7.72. The topological polar surface area (TPSA) is 24.4 Å². The van der Waals surface area contributed by atoms with Crippen LogP contribution in [0.3, 0.4) is 0 Å².